The number of piperidine rings is 1. The number of hydrogen-bond acceptors (Lipinski definition) is 5. The van der Waals surface area contributed by atoms with Crippen molar-refractivity contribution in [3.8, 4) is 5.75 Å². The molecular formula is C28H33F4N3O4S. The van der Waals surface area contributed by atoms with Crippen LogP contribution in [-0.4, -0.2) is 62.0 Å². The van der Waals surface area contributed by atoms with Crippen LogP contribution in [0.1, 0.15) is 61.3 Å². The number of likely N-dealkylation sites (tertiary alicyclic amines) is 1. The van der Waals surface area contributed by atoms with Gasteiger partial charge in [-0.05, 0) is 55.5 Å². The topological polar surface area (TPSA) is 79.0 Å². The van der Waals surface area contributed by atoms with Crippen LogP contribution in [0.25, 0.3) is 0 Å². The van der Waals surface area contributed by atoms with Gasteiger partial charge in [0.1, 0.15) is 11.9 Å². The van der Waals surface area contributed by atoms with Crippen molar-refractivity contribution < 1.29 is 35.5 Å². The number of fused-ring (bicyclic) bond motifs is 1. The van der Waals surface area contributed by atoms with Crippen molar-refractivity contribution in [2.45, 2.75) is 74.4 Å². The number of benzene rings is 2. The molecule has 2 atom stereocenters. The fourth-order valence-electron chi connectivity index (χ4n) is 5.77. The summed E-state index contributed by atoms with van der Waals surface area (Å²) in [7, 11) is -4.21. The second-order valence-electron chi connectivity index (χ2n) is 10.7. The SMILES string of the molecule is O=C(CC1CCCN1S(=O)(=O)c1cccc(C(F)(F)F)c1)N[C@@H]1CCOc2cc(CN3CCC(F)CC3)ccc21. The van der Waals surface area contributed by atoms with Gasteiger partial charge < -0.3 is 10.1 Å². The molecule has 40 heavy (non-hydrogen) atoms. The monoisotopic (exact) mass is 583 g/mol. The Morgan fingerprint density at radius 3 is 2.55 bits per heavy atom. The molecule has 5 rings (SSSR count). The smallest absolute Gasteiger partial charge is 0.416 e. The number of hydrogen-bond donors (Lipinski definition) is 1. The Kier molecular flexibility index (Phi) is 8.40. The van der Waals surface area contributed by atoms with Crippen molar-refractivity contribution in [3.05, 3.63) is 59.2 Å². The highest BCUT2D eigenvalue weighted by molar-refractivity contribution is 7.89. The predicted molar refractivity (Wildman–Crippen MR) is 140 cm³/mol. The first-order valence-corrected chi connectivity index (χ1v) is 15.1. The number of halogens is 4. The van der Waals surface area contributed by atoms with Crippen LogP contribution in [0.15, 0.2) is 47.4 Å². The van der Waals surface area contributed by atoms with Crippen molar-refractivity contribution in [1.29, 1.82) is 0 Å². The van der Waals surface area contributed by atoms with E-state index >= 15 is 0 Å². The van der Waals surface area contributed by atoms with Gasteiger partial charge in [0.2, 0.25) is 15.9 Å². The van der Waals surface area contributed by atoms with E-state index in [-0.39, 0.29) is 24.9 Å². The van der Waals surface area contributed by atoms with Crippen LogP contribution >= 0.6 is 0 Å². The molecular weight excluding hydrogens is 550 g/mol. The van der Waals surface area contributed by atoms with Gasteiger partial charge in [-0.15, -0.1) is 0 Å². The first-order chi connectivity index (χ1) is 19.0. The summed E-state index contributed by atoms with van der Waals surface area (Å²) in [6.07, 6.45) is -2.90. The number of nitrogens with one attached hydrogen (secondary N) is 1. The second-order valence-corrected chi connectivity index (χ2v) is 12.6. The molecule has 0 aliphatic carbocycles. The molecule has 218 valence electrons. The lowest BCUT2D eigenvalue weighted by Crippen LogP contribution is -2.40. The fourth-order valence-corrected chi connectivity index (χ4v) is 7.50. The molecule has 0 spiro atoms. The molecule has 3 aliphatic heterocycles. The van der Waals surface area contributed by atoms with E-state index in [1.54, 1.807) is 0 Å². The van der Waals surface area contributed by atoms with Gasteiger partial charge in [-0.3, -0.25) is 9.69 Å². The van der Waals surface area contributed by atoms with E-state index in [1.165, 1.54) is 0 Å². The third-order valence-electron chi connectivity index (χ3n) is 7.89. The number of sulfonamides is 1. The van der Waals surface area contributed by atoms with E-state index in [0.29, 0.717) is 70.2 Å². The lowest BCUT2D eigenvalue weighted by atomic mass is 9.98. The molecule has 1 unspecified atom stereocenters. The summed E-state index contributed by atoms with van der Waals surface area (Å²) in [5.41, 5.74) is 0.850. The van der Waals surface area contributed by atoms with Gasteiger partial charge >= 0.3 is 6.18 Å². The third kappa shape index (κ3) is 6.44. The average Bonchev–Trinajstić information content (AvgIpc) is 3.38. The number of alkyl halides is 4. The van der Waals surface area contributed by atoms with Gasteiger partial charge in [-0.2, -0.15) is 17.5 Å². The Balaban J connectivity index is 1.23. The Morgan fingerprint density at radius 2 is 1.80 bits per heavy atom. The normalized spacial score (nSPS) is 23.0. The minimum absolute atomic E-state index is 0.0898. The lowest BCUT2D eigenvalue weighted by molar-refractivity contribution is -0.137. The molecule has 2 aromatic carbocycles. The maximum absolute atomic E-state index is 13.5. The molecule has 2 saturated heterocycles. The fraction of sp³-hybridized carbons (Fsp3) is 0.536. The molecule has 3 heterocycles. The maximum Gasteiger partial charge on any atom is 0.416 e. The summed E-state index contributed by atoms with van der Waals surface area (Å²) < 4.78 is 86.4. The molecule has 12 heteroatoms. The number of carbonyl (C=O) groups excluding carboxylic acids is 1. The van der Waals surface area contributed by atoms with Crippen LogP contribution < -0.4 is 10.1 Å². The largest absolute Gasteiger partial charge is 0.493 e. The van der Waals surface area contributed by atoms with Crippen LogP contribution in [0.3, 0.4) is 0 Å². The molecule has 0 saturated carbocycles. The van der Waals surface area contributed by atoms with E-state index < -0.39 is 38.9 Å². The zero-order chi connectivity index (χ0) is 28.5. The quantitative estimate of drug-likeness (QED) is 0.473. The van der Waals surface area contributed by atoms with Crippen molar-refractivity contribution >= 4 is 15.9 Å². The molecule has 7 nitrogen and oxygen atoms in total. The van der Waals surface area contributed by atoms with Crippen molar-refractivity contribution in [2.24, 2.45) is 0 Å². The molecule has 0 bridgehead atoms. The summed E-state index contributed by atoms with van der Waals surface area (Å²) >= 11 is 0. The Morgan fingerprint density at radius 1 is 1.02 bits per heavy atom. The summed E-state index contributed by atoms with van der Waals surface area (Å²) in [5, 5.41) is 3.01. The van der Waals surface area contributed by atoms with E-state index in [1.807, 2.05) is 18.2 Å². The highest BCUT2D eigenvalue weighted by Gasteiger charge is 2.38. The van der Waals surface area contributed by atoms with Gasteiger partial charge in [0.05, 0.1) is 23.1 Å². The minimum atomic E-state index is -4.66. The molecule has 2 fully saturated rings. The molecule has 3 aliphatic rings. The Bertz CT molecular complexity index is 1330. The van der Waals surface area contributed by atoms with E-state index in [0.717, 1.165) is 33.6 Å². The van der Waals surface area contributed by atoms with Crippen LogP contribution in [0.2, 0.25) is 0 Å². The minimum Gasteiger partial charge on any atom is -0.493 e. The van der Waals surface area contributed by atoms with Gasteiger partial charge in [0.15, 0.2) is 0 Å². The average molecular weight is 584 g/mol. The zero-order valence-corrected chi connectivity index (χ0v) is 22.8. The summed E-state index contributed by atoms with van der Waals surface area (Å²) in [5.74, 6) is 0.358. The van der Waals surface area contributed by atoms with Gasteiger partial charge in [0.25, 0.3) is 0 Å². The highest BCUT2D eigenvalue weighted by atomic mass is 32.2. The van der Waals surface area contributed by atoms with E-state index in [2.05, 4.69) is 10.2 Å². The molecule has 1 amide bonds. The molecule has 0 aromatic heterocycles. The Hall–Kier alpha value is -2.70. The first kappa shape index (κ1) is 28.8. The van der Waals surface area contributed by atoms with Crippen LogP contribution in [-0.2, 0) is 27.5 Å². The summed E-state index contributed by atoms with van der Waals surface area (Å²) in [6, 6.07) is 8.61. The first-order valence-electron chi connectivity index (χ1n) is 13.6. The van der Waals surface area contributed by atoms with Crippen LogP contribution in [0.5, 0.6) is 5.75 Å². The third-order valence-corrected chi connectivity index (χ3v) is 9.84. The van der Waals surface area contributed by atoms with E-state index in [4.69, 9.17) is 4.74 Å². The summed E-state index contributed by atoms with van der Waals surface area (Å²) in [4.78, 5) is 14.8. The highest BCUT2D eigenvalue weighted by Crippen LogP contribution is 2.35. The number of amides is 1. The summed E-state index contributed by atoms with van der Waals surface area (Å²) in [6.45, 7) is 2.66. The van der Waals surface area contributed by atoms with E-state index in [9.17, 15) is 30.8 Å². The van der Waals surface area contributed by atoms with Crippen LogP contribution in [0, 0.1) is 0 Å². The molecule has 0 radical (unpaired) electrons. The van der Waals surface area contributed by atoms with Gasteiger partial charge in [0, 0.05) is 50.6 Å². The van der Waals surface area contributed by atoms with Crippen molar-refractivity contribution in [2.75, 3.05) is 26.2 Å². The standard InChI is InChI=1S/C28H33F4N3O4S/c29-21-8-12-34(13-9-21)18-19-6-7-24-25(10-14-39-26(24)15-19)33-27(36)17-22-4-2-11-35(22)40(37,38)23-5-1-3-20(16-23)28(30,31)32/h1,3,5-7,15-16,21-22,25H,2,4,8-14,17-18H2,(H,33,36)/t22?,25-/m1/s1. The number of nitrogens with zero attached hydrogens (tertiary/aromatic N) is 2. The number of carbonyl (C=O) groups is 1. The maximum atomic E-state index is 13.5. The van der Waals surface area contributed by atoms with Gasteiger partial charge in [-0.25, -0.2) is 12.8 Å². The Labute approximate surface area is 231 Å². The van der Waals surface area contributed by atoms with Gasteiger partial charge in [-0.1, -0.05) is 18.2 Å². The number of ether oxygens (including phenoxy) is 1. The van der Waals surface area contributed by atoms with Crippen molar-refractivity contribution in [3.63, 3.8) is 0 Å². The molecule has 1 N–H and O–H groups in total. The second kappa shape index (κ2) is 11.7. The molecule has 2 aromatic rings. The van der Waals surface area contributed by atoms with Crippen LogP contribution in [0.4, 0.5) is 17.6 Å². The lowest BCUT2D eigenvalue weighted by Gasteiger charge is -2.30. The van der Waals surface area contributed by atoms with Crippen molar-refractivity contribution in [1.82, 2.24) is 14.5 Å². The predicted octanol–water partition coefficient (Wildman–Crippen LogP) is 4.82. The zero-order valence-electron chi connectivity index (χ0n) is 22.0. The number of rotatable bonds is 7.